The number of benzene rings is 2. The zero-order valence-electron chi connectivity index (χ0n) is 13.3. The molecule has 118 valence electrons. The molecule has 1 aliphatic rings. The van der Waals surface area contributed by atoms with Gasteiger partial charge in [0.15, 0.2) is 0 Å². The van der Waals surface area contributed by atoms with Crippen LogP contribution in [0.25, 0.3) is 0 Å². The first kappa shape index (κ1) is 15.9. The van der Waals surface area contributed by atoms with Gasteiger partial charge in [0.25, 0.3) is 11.8 Å². The highest BCUT2D eigenvalue weighted by Gasteiger charge is 2.41. The van der Waals surface area contributed by atoms with E-state index in [1.807, 2.05) is 39.0 Å². The SMILES string of the molecule is Cc1ccc(Br)c([C@H](C(C)C)N2C(=O)c3ccccc3C2=O)c1. The Morgan fingerprint density at radius 3 is 2.04 bits per heavy atom. The third-order valence-electron chi connectivity index (χ3n) is 4.21. The second-order valence-electron chi connectivity index (χ2n) is 6.24. The minimum absolute atomic E-state index is 0.107. The molecule has 2 aromatic rings. The van der Waals surface area contributed by atoms with Crippen molar-refractivity contribution < 1.29 is 9.59 Å². The normalized spacial score (nSPS) is 15.3. The predicted molar refractivity (Wildman–Crippen MR) is 93.4 cm³/mol. The lowest BCUT2D eigenvalue weighted by Crippen LogP contribution is -2.37. The van der Waals surface area contributed by atoms with Crippen LogP contribution in [0.4, 0.5) is 0 Å². The number of aryl methyl sites for hydroxylation is 1. The van der Waals surface area contributed by atoms with E-state index >= 15 is 0 Å². The summed E-state index contributed by atoms with van der Waals surface area (Å²) in [6.07, 6.45) is 0. The van der Waals surface area contributed by atoms with Crippen LogP contribution in [-0.2, 0) is 0 Å². The van der Waals surface area contributed by atoms with Crippen molar-refractivity contribution >= 4 is 27.7 Å². The molecule has 0 unspecified atom stereocenters. The first-order valence-corrected chi connectivity index (χ1v) is 8.44. The molecular weight excluding hydrogens is 354 g/mol. The van der Waals surface area contributed by atoms with Gasteiger partial charge in [0.1, 0.15) is 0 Å². The molecule has 3 nitrogen and oxygen atoms in total. The average molecular weight is 372 g/mol. The number of hydrogen-bond acceptors (Lipinski definition) is 2. The number of hydrogen-bond donors (Lipinski definition) is 0. The molecule has 4 heteroatoms. The Kier molecular flexibility index (Phi) is 4.11. The number of halogens is 1. The van der Waals surface area contributed by atoms with E-state index in [0.717, 1.165) is 15.6 Å². The van der Waals surface area contributed by atoms with E-state index in [2.05, 4.69) is 15.9 Å². The molecule has 2 amide bonds. The zero-order valence-corrected chi connectivity index (χ0v) is 14.9. The highest BCUT2D eigenvalue weighted by Crippen LogP contribution is 2.38. The fourth-order valence-electron chi connectivity index (χ4n) is 3.15. The summed E-state index contributed by atoms with van der Waals surface area (Å²) in [6, 6.07) is 12.7. The van der Waals surface area contributed by atoms with Crippen LogP contribution >= 0.6 is 15.9 Å². The van der Waals surface area contributed by atoms with Crippen molar-refractivity contribution in [2.45, 2.75) is 26.8 Å². The van der Waals surface area contributed by atoms with E-state index in [1.54, 1.807) is 24.3 Å². The van der Waals surface area contributed by atoms with E-state index in [4.69, 9.17) is 0 Å². The van der Waals surface area contributed by atoms with Gasteiger partial charge in [-0.2, -0.15) is 0 Å². The van der Waals surface area contributed by atoms with E-state index in [9.17, 15) is 9.59 Å². The van der Waals surface area contributed by atoms with Gasteiger partial charge in [0.2, 0.25) is 0 Å². The fourth-order valence-corrected chi connectivity index (χ4v) is 3.63. The Bertz CT molecular complexity index is 763. The van der Waals surface area contributed by atoms with Gasteiger partial charge in [-0.3, -0.25) is 14.5 Å². The first-order valence-electron chi connectivity index (χ1n) is 7.64. The lowest BCUT2D eigenvalue weighted by Gasteiger charge is -2.31. The van der Waals surface area contributed by atoms with Gasteiger partial charge in [-0.15, -0.1) is 0 Å². The summed E-state index contributed by atoms with van der Waals surface area (Å²) in [5.74, 6) is -0.314. The lowest BCUT2D eigenvalue weighted by atomic mass is 9.93. The number of carbonyl (C=O) groups is 2. The molecule has 0 aliphatic carbocycles. The largest absolute Gasteiger partial charge is 0.269 e. The summed E-state index contributed by atoms with van der Waals surface area (Å²) in [5.41, 5.74) is 3.05. The number of imide groups is 1. The van der Waals surface area contributed by atoms with Crippen molar-refractivity contribution in [1.82, 2.24) is 4.90 Å². The van der Waals surface area contributed by atoms with E-state index in [0.29, 0.717) is 11.1 Å². The van der Waals surface area contributed by atoms with E-state index in [1.165, 1.54) is 4.90 Å². The molecule has 1 atom stereocenters. The van der Waals surface area contributed by atoms with Crippen molar-refractivity contribution in [3.63, 3.8) is 0 Å². The number of nitrogens with zero attached hydrogens (tertiary/aromatic N) is 1. The van der Waals surface area contributed by atoms with Crippen molar-refractivity contribution in [3.8, 4) is 0 Å². The van der Waals surface area contributed by atoms with Crippen LogP contribution in [0.3, 0.4) is 0 Å². The van der Waals surface area contributed by atoms with Gasteiger partial charge in [-0.1, -0.05) is 59.6 Å². The molecule has 3 rings (SSSR count). The number of carbonyl (C=O) groups excluding carboxylic acids is 2. The van der Waals surface area contributed by atoms with Gasteiger partial charge < -0.3 is 0 Å². The van der Waals surface area contributed by atoms with Gasteiger partial charge in [-0.25, -0.2) is 0 Å². The molecule has 23 heavy (non-hydrogen) atoms. The minimum atomic E-state index is -0.295. The maximum absolute atomic E-state index is 12.8. The minimum Gasteiger partial charge on any atom is -0.269 e. The van der Waals surface area contributed by atoms with Crippen LogP contribution in [0.2, 0.25) is 0 Å². The molecule has 0 N–H and O–H groups in total. The Labute approximate surface area is 144 Å². The zero-order chi connectivity index (χ0) is 16.7. The average Bonchev–Trinajstić information content (AvgIpc) is 2.76. The first-order chi connectivity index (χ1) is 10.9. The van der Waals surface area contributed by atoms with Crippen LogP contribution in [0, 0.1) is 12.8 Å². The van der Waals surface area contributed by atoms with Crippen LogP contribution in [0.5, 0.6) is 0 Å². The van der Waals surface area contributed by atoms with Crippen molar-refractivity contribution in [2.75, 3.05) is 0 Å². The Hall–Kier alpha value is -1.94. The third kappa shape index (κ3) is 2.61. The van der Waals surface area contributed by atoms with E-state index in [-0.39, 0.29) is 23.8 Å². The summed E-state index contributed by atoms with van der Waals surface area (Å²) < 4.78 is 0.915. The molecule has 0 spiro atoms. The smallest absolute Gasteiger partial charge is 0.262 e. The fraction of sp³-hybridized carbons (Fsp3) is 0.263. The van der Waals surface area contributed by atoms with Gasteiger partial charge >= 0.3 is 0 Å². The molecule has 0 bridgehead atoms. The van der Waals surface area contributed by atoms with Crippen LogP contribution in [0.15, 0.2) is 46.9 Å². The maximum atomic E-state index is 12.8. The second-order valence-corrected chi connectivity index (χ2v) is 7.09. The van der Waals surface area contributed by atoms with Crippen molar-refractivity contribution in [2.24, 2.45) is 5.92 Å². The summed E-state index contributed by atoms with van der Waals surface area (Å²) in [4.78, 5) is 27.0. The van der Waals surface area contributed by atoms with Gasteiger partial charge in [0.05, 0.1) is 17.2 Å². The standard InChI is InChI=1S/C19H18BrNO2/c1-11(2)17(15-10-12(3)8-9-16(15)20)21-18(22)13-6-4-5-7-14(13)19(21)23/h4-11,17H,1-3H3/t17-/m0/s1. The number of fused-ring (bicyclic) bond motifs is 1. The summed E-state index contributed by atoms with van der Waals surface area (Å²) in [6.45, 7) is 6.07. The lowest BCUT2D eigenvalue weighted by molar-refractivity contribution is 0.0537. The van der Waals surface area contributed by atoms with Crippen molar-refractivity contribution in [1.29, 1.82) is 0 Å². The topological polar surface area (TPSA) is 37.4 Å². The number of rotatable bonds is 3. The Morgan fingerprint density at radius 1 is 0.957 bits per heavy atom. The summed E-state index contributed by atoms with van der Waals surface area (Å²) in [7, 11) is 0. The highest BCUT2D eigenvalue weighted by molar-refractivity contribution is 9.10. The molecule has 2 aromatic carbocycles. The van der Waals surface area contributed by atoms with Crippen molar-refractivity contribution in [3.05, 3.63) is 69.2 Å². The van der Waals surface area contributed by atoms with E-state index < -0.39 is 0 Å². The highest BCUT2D eigenvalue weighted by atomic mass is 79.9. The second kappa shape index (κ2) is 5.93. The quantitative estimate of drug-likeness (QED) is 0.729. The van der Waals surface area contributed by atoms with Crippen LogP contribution < -0.4 is 0 Å². The Balaban J connectivity index is 2.12. The molecule has 0 radical (unpaired) electrons. The molecule has 1 aliphatic heterocycles. The molecule has 0 fully saturated rings. The Morgan fingerprint density at radius 2 is 1.52 bits per heavy atom. The summed E-state index contributed by atoms with van der Waals surface area (Å²) >= 11 is 3.57. The van der Waals surface area contributed by atoms with Gasteiger partial charge in [0, 0.05) is 4.47 Å². The molecule has 0 aromatic heterocycles. The monoisotopic (exact) mass is 371 g/mol. The molecular formula is C19H18BrNO2. The molecule has 0 saturated carbocycles. The predicted octanol–water partition coefficient (Wildman–Crippen LogP) is 4.75. The van der Waals surface area contributed by atoms with Crippen LogP contribution in [-0.4, -0.2) is 16.7 Å². The third-order valence-corrected chi connectivity index (χ3v) is 4.93. The molecule has 1 heterocycles. The van der Waals surface area contributed by atoms with Gasteiger partial charge in [-0.05, 0) is 36.6 Å². The number of amides is 2. The summed E-state index contributed by atoms with van der Waals surface area (Å²) in [5, 5.41) is 0. The molecule has 0 saturated heterocycles. The van der Waals surface area contributed by atoms with Crippen LogP contribution in [0.1, 0.15) is 51.7 Å². The maximum Gasteiger partial charge on any atom is 0.262 e.